The third kappa shape index (κ3) is 2.90. The third-order valence-corrected chi connectivity index (χ3v) is 6.33. The topological polar surface area (TPSA) is 83.2 Å². The zero-order valence-electron chi connectivity index (χ0n) is 14.9. The third-order valence-electron chi connectivity index (χ3n) is 5.69. The van der Waals surface area contributed by atoms with Gasteiger partial charge < -0.3 is 9.55 Å². The van der Waals surface area contributed by atoms with Gasteiger partial charge >= 0.3 is 0 Å². The molecule has 0 aliphatic heterocycles. The number of H-pyrrole nitrogens is 1. The maximum Gasteiger partial charge on any atom is 0.139 e. The van der Waals surface area contributed by atoms with E-state index >= 15 is 0 Å². The molecule has 136 valence electrons. The fourth-order valence-electron chi connectivity index (χ4n) is 4.38. The zero-order valence-corrected chi connectivity index (χ0v) is 15.7. The molecule has 0 amide bonds. The van der Waals surface area contributed by atoms with Gasteiger partial charge in [0.05, 0.1) is 29.0 Å². The van der Waals surface area contributed by atoms with Crippen molar-refractivity contribution < 1.29 is 0 Å². The smallest absolute Gasteiger partial charge is 0.139 e. The Kier molecular flexibility index (Phi) is 4.13. The van der Waals surface area contributed by atoms with Crippen LogP contribution in [0.2, 0.25) is 0 Å². The highest BCUT2D eigenvalue weighted by Gasteiger charge is 2.27. The molecule has 7 heteroatoms. The Labute approximate surface area is 160 Å². The summed E-state index contributed by atoms with van der Waals surface area (Å²) in [6.45, 7) is 0. The fraction of sp³-hybridized carbons (Fsp3) is 0.400. The lowest BCUT2D eigenvalue weighted by Gasteiger charge is -2.30. The molecule has 0 saturated heterocycles. The molecule has 1 saturated carbocycles. The number of nitriles is 1. The quantitative estimate of drug-likeness (QED) is 0.564. The summed E-state index contributed by atoms with van der Waals surface area (Å²) in [5.74, 6) is 1.60. The molecule has 0 bridgehead atoms. The lowest BCUT2D eigenvalue weighted by Crippen LogP contribution is -2.20. The molecule has 4 aromatic heterocycles. The number of aromatic nitrogens is 5. The highest BCUT2D eigenvalue weighted by atomic mass is 32.1. The van der Waals surface area contributed by atoms with E-state index in [4.69, 9.17) is 10.2 Å². The van der Waals surface area contributed by atoms with E-state index in [2.05, 4.69) is 37.0 Å². The monoisotopic (exact) mass is 376 g/mol. The summed E-state index contributed by atoms with van der Waals surface area (Å²) >= 11 is 1.62. The van der Waals surface area contributed by atoms with Crippen molar-refractivity contribution in [1.82, 2.24) is 24.5 Å². The Morgan fingerprint density at radius 1 is 1.26 bits per heavy atom. The van der Waals surface area contributed by atoms with E-state index in [1.54, 1.807) is 11.3 Å². The molecule has 0 spiro atoms. The van der Waals surface area contributed by atoms with Crippen molar-refractivity contribution in [3.8, 4) is 6.07 Å². The van der Waals surface area contributed by atoms with Crippen LogP contribution in [0.5, 0.6) is 0 Å². The summed E-state index contributed by atoms with van der Waals surface area (Å²) in [5, 5.41) is 12.2. The predicted octanol–water partition coefficient (Wildman–Crippen LogP) is 4.60. The molecule has 6 nitrogen and oxygen atoms in total. The van der Waals surface area contributed by atoms with Crippen molar-refractivity contribution in [2.24, 2.45) is 5.92 Å². The normalized spacial score (nSPS) is 20.3. The van der Waals surface area contributed by atoms with Gasteiger partial charge in [0.2, 0.25) is 0 Å². The Balaban J connectivity index is 1.61. The lowest BCUT2D eigenvalue weighted by molar-refractivity contribution is 0.278. The molecule has 0 unspecified atom stereocenters. The fourth-order valence-corrected chi connectivity index (χ4v) is 4.94. The van der Waals surface area contributed by atoms with Crippen molar-refractivity contribution in [2.45, 2.75) is 44.6 Å². The number of hydrogen-bond donors (Lipinski definition) is 1. The van der Waals surface area contributed by atoms with Crippen LogP contribution < -0.4 is 0 Å². The van der Waals surface area contributed by atoms with E-state index in [9.17, 15) is 0 Å². The first kappa shape index (κ1) is 16.5. The second-order valence-corrected chi connectivity index (χ2v) is 8.04. The van der Waals surface area contributed by atoms with Gasteiger partial charge in [-0.15, -0.1) is 11.3 Å². The molecule has 4 heterocycles. The Hall–Kier alpha value is -2.72. The Morgan fingerprint density at radius 2 is 2.15 bits per heavy atom. The van der Waals surface area contributed by atoms with E-state index in [1.807, 2.05) is 17.9 Å². The van der Waals surface area contributed by atoms with E-state index in [-0.39, 0.29) is 0 Å². The van der Waals surface area contributed by atoms with E-state index in [0.717, 1.165) is 60.2 Å². The SMILES string of the molecule is N#CC[C@H]1CC[C@H](n2c(Cc3cscn3)nc3cnc4[nH]ccc4c32)CC1. The molecular formula is C20H20N6S. The average Bonchev–Trinajstić information content (AvgIpc) is 3.41. The van der Waals surface area contributed by atoms with Crippen LogP contribution in [0.1, 0.15) is 49.7 Å². The van der Waals surface area contributed by atoms with Crippen molar-refractivity contribution in [2.75, 3.05) is 0 Å². The Bertz CT molecular complexity index is 1110. The van der Waals surface area contributed by atoms with Crippen LogP contribution >= 0.6 is 11.3 Å². The standard InChI is InChI=1S/C20H20N6S/c21-7-5-13-1-3-15(4-2-13)26-18(9-14-11-27-12-24-14)25-17-10-23-20-16(19(17)26)6-8-22-20/h6,8,10-13,15H,1-5,9H2,(H,22,23)/t13-,15-. The van der Waals surface area contributed by atoms with Gasteiger partial charge in [0.25, 0.3) is 0 Å². The number of imidazole rings is 1. The van der Waals surface area contributed by atoms with Crippen molar-refractivity contribution in [1.29, 1.82) is 5.26 Å². The number of nitrogens with zero attached hydrogens (tertiary/aromatic N) is 5. The second-order valence-electron chi connectivity index (χ2n) is 7.32. The molecule has 27 heavy (non-hydrogen) atoms. The first-order valence-corrected chi connectivity index (χ1v) is 10.3. The zero-order chi connectivity index (χ0) is 18.2. The van der Waals surface area contributed by atoms with Crippen molar-refractivity contribution >= 4 is 33.4 Å². The van der Waals surface area contributed by atoms with Gasteiger partial charge in [-0.2, -0.15) is 5.26 Å². The molecule has 1 N–H and O–H groups in total. The molecule has 4 aromatic rings. The van der Waals surface area contributed by atoms with Gasteiger partial charge in [-0.1, -0.05) is 0 Å². The summed E-state index contributed by atoms with van der Waals surface area (Å²) in [6.07, 6.45) is 9.63. The minimum absolute atomic E-state index is 0.416. The van der Waals surface area contributed by atoms with Crippen LogP contribution in [0, 0.1) is 17.2 Å². The first-order chi connectivity index (χ1) is 13.3. The van der Waals surface area contributed by atoms with Crippen LogP contribution in [0.25, 0.3) is 22.1 Å². The number of nitrogens with one attached hydrogen (secondary N) is 1. The lowest BCUT2D eigenvalue weighted by atomic mass is 9.84. The minimum Gasteiger partial charge on any atom is -0.346 e. The number of pyridine rings is 1. The van der Waals surface area contributed by atoms with Gasteiger partial charge in [-0.3, -0.25) is 0 Å². The molecule has 1 aliphatic rings. The van der Waals surface area contributed by atoms with Gasteiger partial charge in [0.1, 0.15) is 17.0 Å². The van der Waals surface area contributed by atoms with Gasteiger partial charge in [0, 0.05) is 35.8 Å². The van der Waals surface area contributed by atoms with Crippen LogP contribution in [-0.4, -0.2) is 24.5 Å². The molecular weight excluding hydrogens is 356 g/mol. The number of hydrogen-bond acceptors (Lipinski definition) is 5. The molecule has 1 aliphatic carbocycles. The van der Waals surface area contributed by atoms with Gasteiger partial charge in [-0.05, 0) is 37.7 Å². The maximum atomic E-state index is 9.01. The average molecular weight is 376 g/mol. The van der Waals surface area contributed by atoms with Crippen LogP contribution in [0.15, 0.2) is 29.4 Å². The van der Waals surface area contributed by atoms with E-state index < -0.39 is 0 Å². The molecule has 0 atom stereocenters. The first-order valence-electron chi connectivity index (χ1n) is 9.40. The van der Waals surface area contributed by atoms with Crippen molar-refractivity contribution in [3.63, 3.8) is 0 Å². The highest BCUT2D eigenvalue weighted by Crippen LogP contribution is 2.38. The van der Waals surface area contributed by atoms with Crippen molar-refractivity contribution in [3.05, 3.63) is 40.9 Å². The second kappa shape index (κ2) is 6.78. The molecule has 1 fully saturated rings. The van der Waals surface area contributed by atoms with Crippen LogP contribution in [-0.2, 0) is 6.42 Å². The summed E-state index contributed by atoms with van der Waals surface area (Å²) in [4.78, 5) is 17.2. The van der Waals surface area contributed by atoms with Crippen LogP contribution in [0.3, 0.4) is 0 Å². The van der Waals surface area contributed by atoms with E-state index in [1.165, 1.54) is 5.52 Å². The molecule has 5 rings (SSSR count). The van der Waals surface area contributed by atoms with E-state index in [0.29, 0.717) is 18.4 Å². The highest BCUT2D eigenvalue weighted by molar-refractivity contribution is 7.07. The van der Waals surface area contributed by atoms with Gasteiger partial charge in [-0.25, -0.2) is 15.0 Å². The number of aromatic amines is 1. The largest absolute Gasteiger partial charge is 0.346 e. The van der Waals surface area contributed by atoms with Crippen LogP contribution in [0.4, 0.5) is 0 Å². The number of thiazole rings is 1. The summed E-state index contributed by atoms with van der Waals surface area (Å²) < 4.78 is 2.44. The molecule has 0 aromatic carbocycles. The number of fused-ring (bicyclic) bond motifs is 3. The number of rotatable bonds is 4. The predicted molar refractivity (Wildman–Crippen MR) is 106 cm³/mol. The molecule has 0 radical (unpaired) electrons. The minimum atomic E-state index is 0.416. The van der Waals surface area contributed by atoms with Gasteiger partial charge in [0.15, 0.2) is 0 Å². The summed E-state index contributed by atoms with van der Waals surface area (Å²) in [7, 11) is 0. The summed E-state index contributed by atoms with van der Waals surface area (Å²) in [6, 6.07) is 4.85. The summed E-state index contributed by atoms with van der Waals surface area (Å²) in [5.41, 5.74) is 5.97. The Morgan fingerprint density at radius 3 is 2.93 bits per heavy atom. The maximum absolute atomic E-state index is 9.01.